The number of nitrogens with one attached hydrogen (secondary N) is 1. The number of alkyl halides is 3. The Morgan fingerprint density at radius 1 is 1.29 bits per heavy atom. The van der Waals surface area contributed by atoms with Gasteiger partial charge in [-0.15, -0.1) is 0 Å². The van der Waals surface area contributed by atoms with Crippen molar-refractivity contribution in [1.29, 1.82) is 0 Å². The highest BCUT2D eigenvalue weighted by Crippen LogP contribution is 2.34. The Morgan fingerprint density at radius 2 is 1.90 bits per heavy atom. The molecule has 1 amide bonds. The number of amides is 1. The second-order valence-electron chi connectivity index (χ2n) is 4.95. The minimum absolute atomic E-state index is 0.0321. The van der Waals surface area contributed by atoms with Gasteiger partial charge in [0.1, 0.15) is 5.75 Å². The Kier molecular flexibility index (Phi) is 5.60. The van der Waals surface area contributed by atoms with E-state index in [-0.39, 0.29) is 17.4 Å². The van der Waals surface area contributed by atoms with E-state index in [0.29, 0.717) is 0 Å². The Labute approximate surface area is 138 Å². The number of phenols is 1. The number of rotatable bonds is 4. The van der Waals surface area contributed by atoms with E-state index in [0.717, 1.165) is 25.7 Å². The van der Waals surface area contributed by atoms with E-state index in [1.807, 2.05) is 0 Å². The Hall–Kier alpha value is -0.680. The number of phenolic OH excluding ortho intramolecular Hbond substituents is 1. The normalized spacial score (nSPS) is 17.7. The maximum atomic E-state index is 12.2. The first-order chi connectivity index (χ1) is 9.88. The molecule has 1 aromatic carbocycles. The summed E-state index contributed by atoms with van der Waals surface area (Å²) in [4.78, 5) is 12.2. The van der Waals surface area contributed by atoms with Crippen molar-refractivity contribution in [3.63, 3.8) is 0 Å². The van der Waals surface area contributed by atoms with Crippen molar-refractivity contribution in [3.05, 3.63) is 29.8 Å². The molecule has 1 aliphatic carbocycles. The van der Waals surface area contributed by atoms with Crippen molar-refractivity contribution in [3.8, 4) is 5.75 Å². The van der Waals surface area contributed by atoms with Gasteiger partial charge in [-0.25, -0.2) is 0 Å². The summed E-state index contributed by atoms with van der Waals surface area (Å²) < 4.78 is 3.91. The highest BCUT2D eigenvalue weighted by atomic mass is 35.6. The van der Waals surface area contributed by atoms with Gasteiger partial charge in [0.05, 0.1) is 11.7 Å². The van der Waals surface area contributed by atoms with Gasteiger partial charge in [-0.2, -0.15) is 0 Å². The zero-order valence-corrected chi connectivity index (χ0v) is 13.5. The fourth-order valence-electron chi connectivity index (χ4n) is 2.27. The van der Waals surface area contributed by atoms with Crippen LogP contribution in [-0.4, -0.2) is 27.1 Å². The summed E-state index contributed by atoms with van der Waals surface area (Å²) in [6.07, 6.45) is 2.77. The van der Waals surface area contributed by atoms with Crippen molar-refractivity contribution >= 4 is 40.7 Å². The van der Waals surface area contributed by atoms with Crippen LogP contribution in [0.15, 0.2) is 24.3 Å². The number of ether oxygens (including phenoxy) is 1. The van der Waals surface area contributed by atoms with Crippen LogP contribution in [0.4, 0.5) is 0 Å². The Balaban J connectivity index is 2.07. The van der Waals surface area contributed by atoms with Gasteiger partial charge in [0.15, 0.2) is 6.23 Å². The van der Waals surface area contributed by atoms with E-state index in [9.17, 15) is 9.90 Å². The lowest BCUT2D eigenvalue weighted by Gasteiger charge is -2.28. The molecule has 1 aliphatic rings. The van der Waals surface area contributed by atoms with Crippen LogP contribution in [0, 0.1) is 0 Å². The van der Waals surface area contributed by atoms with Crippen molar-refractivity contribution in [2.24, 2.45) is 0 Å². The number of halogens is 3. The van der Waals surface area contributed by atoms with Crippen molar-refractivity contribution in [1.82, 2.24) is 5.32 Å². The quantitative estimate of drug-likeness (QED) is 0.640. The third kappa shape index (κ3) is 4.65. The van der Waals surface area contributed by atoms with Crippen LogP contribution in [0.1, 0.15) is 36.0 Å². The van der Waals surface area contributed by atoms with Gasteiger partial charge in [-0.05, 0) is 25.0 Å². The fourth-order valence-corrected chi connectivity index (χ4v) is 2.59. The Bertz CT molecular complexity index is 498. The molecule has 0 saturated heterocycles. The number of hydrogen-bond acceptors (Lipinski definition) is 3. The van der Waals surface area contributed by atoms with Crippen LogP contribution in [0.2, 0.25) is 0 Å². The molecule has 1 unspecified atom stereocenters. The standard InChI is InChI=1S/C14H16Cl3NO3/c15-14(16,17)13(21-9-5-1-2-6-9)18-12(20)10-7-3-4-8-11(10)19/h3-4,7-9,13,19H,1-2,5-6H2,(H,18,20). The van der Waals surface area contributed by atoms with Crippen LogP contribution >= 0.6 is 34.8 Å². The SMILES string of the molecule is O=C(NC(OC1CCCC1)C(Cl)(Cl)Cl)c1ccccc1O. The van der Waals surface area contributed by atoms with E-state index < -0.39 is 15.9 Å². The van der Waals surface area contributed by atoms with Crippen molar-refractivity contribution < 1.29 is 14.6 Å². The number of para-hydroxylation sites is 1. The summed E-state index contributed by atoms with van der Waals surface area (Å²) in [5, 5.41) is 12.2. The van der Waals surface area contributed by atoms with E-state index in [1.165, 1.54) is 12.1 Å². The van der Waals surface area contributed by atoms with Gasteiger partial charge in [0, 0.05) is 0 Å². The van der Waals surface area contributed by atoms with Crippen LogP contribution in [-0.2, 0) is 4.74 Å². The summed E-state index contributed by atoms with van der Waals surface area (Å²) in [6, 6.07) is 6.15. The molecule has 1 saturated carbocycles. The minimum Gasteiger partial charge on any atom is -0.507 e. The highest BCUT2D eigenvalue weighted by molar-refractivity contribution is 6.68. The molecule has 2 N–H and O–H groups in total. The third-order valence-electron chi connectivity index (χ3n) is 3.34. The Morgan fingerprint density at radius 3 is 2.48 bits per heavy atom. The average Bonchev–Trinajstić information content (AvgIpc) is 2.90. The summed E-state index contributed by atoms with van der Waals surface area (Å²) in [7, 11) is 0. The van der Waals surface area contributed by atoms with Crippen molar-refractivity contribution in [2.45, 2.75) is 41.8 Å². The fraction of sp³-hybridized carbons (Fsp3) is 0.500. The predicted molar refractivity (Wildman–Crippen MR) is 83.0 cm³/mol. The molecule has 0 aromatic heterocycles. The molecule has 4 nitrogen and oxygen atoms in total. The monoisotopic (exact) mass is 351 g/mol. The molecule has 2 rings (SSSR count). The maximum Gasteiger partial charge on any atom is 0.257 e. The molecular formula is C14H16Cl3NO3. The molecular weight excluding hydrogens is 337 g/mol. The van der Waals surface area contributed by atoms with Gasteiger partial charge in [0.2, 0.25) is 3.79 Å². The molecule has 116 valence electrons. The van der Waals surface area contributed by atoms with E-state index in [4.69, 9.17) is 39.5 Å². The minimum atomic E-state index is -1.79. The molecule has 1 aromatic rings. The molecule has 0 spiro atoms. The lowest BCUT2D eigenvalue weighted by atomic mass is 10.2. The molecule has 1 fully saturated rings. The number of carbonyl (C=O) groups excluding carboxylic acids is 1. The second kappa shape index (κ2) is 7.05. The molecule has 0 aliphatic heterocycles. The van der Waals surface area contributed by atoms with Gasteiger partial charge >= 0.3 is 0 Å². The molecule has 0 bridgehead atoms. The summed E-state index contributed by atoms with van der Waals surface area (Å²) >= 11 is 17.6. The van der Waals surface area contributed by atoms with Gasteiger partial charge in [-0.1, -0.05) is 59.8 Å². The lowest BCUT2D eigenvalue weighted by Crippen LogP contribution is -2.47. The van der Waals surface area contributed by atoms with Gasteiger partial charge < -0.3 is 15.2 Å². The zero-order chi connectivity index (χ0) is 15.5. The van der Waals surface area contributed by atoms with Crippen LogP contribution in [0.25, 0.3) is 0 Å². The summed E-state index contributed by atoms with van der Waals surface area (Å²) in [5.41, 5.74) is 0.103. The first-order valence-corrected chi connectivity index (χ1v) is 7.82. The van der Waals surface area contributed by atoms with Crippen molar-refractivity contribution in [2.75, 3.05) is 0 Å². The molecule has 7 heteroatoms. The third-order valence-corrected chi connectivity index (χ3v) is 3.93. The average molecular weight is 353 g/mol. The smallest absolute Gasteiger partial charge is 0.257 e. The number of carbonyl (C=O) groups is 1. The van der Waals surface area contributed by atoms with Gasteiger partial charge in [0.25, 0.3) is 5.91 Å². The lowest BCUT2D eigenvalue weighted by molar-refractivity contribution is -0.0206. The number of aromatic hydroxyl groups is 1. The predicted octanol–water partition coefficient (Wildman–Crippen LogP) is 3.78. The largest absolute Gasteiger partial charge is 0.507 e. The van der Waals surface area contributed by atoms with Gasteiger partial charge in [-0.3, -0.25) is 4.79 Å². The molecule has 1 atom stereocenters. The van der Waals surface area contributed by atoms with Crippen LogP contribution < -0.4 is 5.32 Å². The summed E-state index contributed by atoms with van der Waals surface area (Å²) in [5.74, 6) is -0.693. The number of hydrogen-bond donors (Lipinski definition) is 2. The van der Waals surface area contributed by atoms with E-state index in [1.54, 1.807) is 12.1 Å². The molecule has 0 heterocycles. The van der Waals surface area contributed by atoms with E-state index >= 15 is 0 Å². The summed E-state index contributed by atoms with van der Waals surface area (Å²) in [6.45, 7) is 0. The molecule has 0 radical (unpaired) electrons. The zero-order valence-electron chi connectivity index (χ0n) is 11.2. The van der Waals surface area contributed by atoms with Crippen LogP contribution in [0.3, 0.4) is 0 Å². The topological polar surface area (TPSA) is 58.6 Å². The first kappa shape index (κ1) is 16.7. The number of benzene rings is 1. The maximum absolute atomic E-state index is 12.2. The first-order valence-electron chi connectivity index (χ1n) is 6.69. The highest BCUT2D eigenvalue weighted by Gasteiger charge is 2.37. The van der Waals surface area contributed by atoms with Crippen LogP contribution in [0.5, 0.6) is 5.75 Å². The molecule has 21 heavy (non-hydrogen) atoms. The van der Waals surface area contributed by atoms with E-state index in [2.05, 4.69) is 5.32 Å². The second-order valence-corrected chi connectivity index (χ2v) is 7.32.